The molecule has 3 aliphatic rings. The molecule has 0 spiro atoms. The summed E-state index contributed by atoms with van der Waals surface area (Å²) in [5.74, 6) is -1.13. The van der Waals surface area contributed by atoms with Crippen molar-refractivity contribution in [2.45, 2.75) is 18.3 Å². The van der Waals surface area contributed by atoms with Gasteiger partial charge in [-0.25, -0.2) is 27.6 Å². The van der Waals surface area contributed by atoms with Crippen LogP contribution >= 0.6 is 8.17 Å². The normalized spacial score (nSPS) is 17.2. The van der Waals surface area contributed by atoms with Crippen molar-refractivity contribution in [3.05, 3.63) is 127 Å². The van der Waals surface area contributed by atoms with Gasteiger partial charge in [0.05, 0.1) is 57.8 Å². The number of carbonyl (C=O) groups is 3. The number of hydrogen-bond donors (Lipinski definition) is 1. The Morgan fingerprint density at radius 3 is 1.02 bits per heavy atom. The van der Waals surface area contributed by atoms with Gasteiger partial charge in [0.15, 0.2) is 0 Å². The number of rotatable bonds is 18. The molecule has 0 saturated carbocycles. The highest BCUT2D eigenvalue weighted by Gasteiger charge is 2.51. The first-order valence-corrected chi connectivity index (χ1v) is 26.6. The Hall–Kier alpha value is -9.81. The summed E-state index contributed by atoms with van der Waals surface area (Å²) >= 11 is 0. The predicted octanol–water partition coefficient (Wildman–Crippen LogP) is 5.96. The molecule has 3 atom stereocenters. The summed E-state index contributed by atoms with van der Waals surface area (Å²) in [4.78, 5) is 72.1. The van der Waals surface area contributed by atoms with Crippen LogP contribution < -0.4 is 14.7 Å². The van der Waals surface area contributed by atoms with E-state index in [4.69, 9.17) is 27.8 Å². The number of benzene rings is 3. The van der Waals surface area contributed by atoms with Crippen molar-refractivity contribution in [2.24, 2.45) is 21.1 Å². The summed E-state index contributed by atoms with van der Waals surface area (Å²) in [6.07, 6.45) is -1.39. The Labute approximate surface area is 466 Å². The van der Waals surface area contributed by atoms with Crippen molar-refractivity contribution in [3.63, 3.8) is 0 Å². The lowest BCUT2D eigenvalue weighted by Crippen LogP contribution is -2.29. The van der Waals surface area contributed by atoms with E-state index in [1.54, 1.807) is 57.5 Å². The molecule has 3 aromatic carbocycles. The van der Waals surface area contributed by atoms with Crippen LogP contribution in [-0.4, -0.2) is 157 Å². The second kappa shape index (κ2) is 22.3. The van der Waals surface area contributed by atoms with Crippen LogP contribution in [0.3, 0.4) is 0 Å². The molecule has 9 aromatic rings. The van der Waals surface area contributed by atoms with E-state index < -0.39 is 82.0 Å². The van der Waals surface area contributed by atoms with Crippen LogP contribution in [0.4, 0.5) is 44.6 Å². The van der Waals surface area contributed by atoms with Gasteiger partial charge in [0, 0.05) is 52.0 Å². The molecule has 0 bridgehead atoms. The van der Waals surface area contributed by atoms with E-state index >= 15 is 13.2 Å². The van der Waals surface area contributed by atoms with E-state index in [2.05, 4.69) is 61.2 Å². The molecular weight excluding hydrogens is 1110 g/mol. The average Bonchev–Trinajstić information content (AvgIpc) is 4.57. The average molecular weight is 1160 g/mol. The molecule has 32 heteroatoms. The van der Waals surface area contributed by atoms with Gasteiger partial charge < -0.3 is 14.2 Å². The third-order valence-corrected chi connectivity index (χ3v) is 14.5. The number of cyclic esters (lactones) is 3. The van der Waals surface area contributed by atoms with Gasteiger partial charge in [-0.05, 0) is 88.4 Å². The highest BCUT2D eigenvalue weighted by atomic mass is 31.2. The number of nitrogens with zero attached hydrogens (tertiary/aromatic N) is 18. The predicted molar refractivity (Wildman–Crippen MR) is 282 cm³/mol. The minimum absolute atomic E-state index is 0.153. The molecule has 83 heavy (non-hydrogen) atoms. The molecule has 0 unspecified atom stereocenters. The number of amides is 3. The van der Waals surface area contributed by atoms with Crippen LogP contribution in [0.15, 0.2) is 110 Å². The number of aromatic nitrogens is 15. The van der Waals surface area contributed by atoms with Gasteiger partial charge in [0.2, 0.25) is 17.5 Å². The number of tetrazole rings is 3. The number of carbonyl (C=O) groups excluding carboxylic acids is 3. The number of halogens is 3. The fraction of sp³-hybridized carbons (Fsp3) is 0.235. The Kier molecular flexibility index (Phi) is 14.4. The van der Waals surface area contributed by atoms with Gasteiger partial charge in [0.1, 0.15) is 72.7 Å². The van der Waals surface area contributed by atoms with Crippen LogP contribution in [0.25, 0.3) is 67.9 Å². The van der Waals surface area contributed by atoms with E-state index in [0.717, 1.165) is 18.2 Å². The maximum Gasteiger partial charge on any atom is 0.573 e. The van der Waals surface area contributed by atoms with Crippen molar-refractivity contribution in [3.8, 4) is 67.9 Å². The van der Waals surface area contributed by atoms with E-state index in [1.165, 1.54) is 84.1 Å². The summed E-state index contributed by atoms with van der Waals surface area (Å²) in [5.41, 5.74) is 3.65. The van der Waals surface area contributed by atoms with Crippen molar-refractivity contribution in [1.29, 1.82) is 0 Å². The summed E-state index contributed by atoms with van der Waals surface area (Å²) in [6.45, 7) is -2.08. The van der Waals surface area contributed by atoms with Crippen molar-refractivity contribution < 1.29 is 60.2 Å². The lowest BCUT2D eigenvalue weighted by molar-refractivity contribution is 0.0126. The lowest BCUT2D eigenvalue weighted by atomic mass is 10.1. The van der Waals surface area contributed by atoms with Gasteiger partial charge >= 0.3 is 26.4 Å². The second-order valence-electron chi connectivity index (χ2n) is 18.8. The number of aryl methyl sites for hydroxylation is 3. The molecule has 422 valence electrons. The number of ether oxygens (including phenoxy) is 3. The molecule has 3 fully saturated rings. The van der Waals surface area contributed by atoms with Crippen molar-refractivity contribution in [2.75, 3.05) is 54.2 Å². The maximum absolute atomic E-state index is 15.7. The van der Waals surface area contributed by atoms with Crippen LogP contribution in [0.1, 0.15) is 0 Å². The van der Waals surface area contributed by atoms with Crippen molar-refractivity contribution in [1.82, 2.24) is 75.6 Å². The molecule has 3 aliphatic heterocycles. The summed E-state index contributed by atoms with van der Waals surface area (Å²) in [5, 5.41) is 35.6. The van der Waals surface area contributed by atoms with Crippen LogP contribution in [0.5, 0.6) is 0 Å². The Bertz CT molecular complexity index is 3520. The Morgan fingerprint density at radius 1 is 0.482 bits per heavy atom. The second-order valence-corrected chi connectivity index (χ2v) is 20.5. The Balaban J connectivity index is 0.711. The SMILES string of the molecule is Cn1nnc(-c2ccc(-c3ccc(N4C[C@H](CO[P+](O)(OC[C@H]5CN(c6ccc(-c7ccc(-c8nnn(C)n8)nc7)c(F)c6)C(=O)O5)OC[C@H]5CN(c6ccc(-c7ccc(-c8nnn(C)n8)nc7)c(F)c6)C(=O)O5)OC4=O)cc3F)cn2)n1. The zero-order chi connectivity index (χ0) is 57.5. The molecule has 1 N–H and O–H groups in total. The first kappa shape index (κ1) is 53.8. The molecule has 0 aliphatic carbocycles. The molecule has 9 heterocycles. The zero-order valence-corrected chi connectivity index (χ0v) is 44.5. The molecule has 12 rings (SSSR count). The summed E-state index contributed by atoms with van der Waals surface area (Å²) in [6, 6.07) is 22.3. The van der Waals surface area contributed by atoms with Gasteiger partial charge in [-0.3, -0.25) is 29.7 Å². The number of pyridine rings is 3. The zero-order valence-electron chi connectivity index (χ0n) is 43.6. The van der Waals surface area contributed by atoms with Gasteiger partial charge in [-0.1, -0.05) is 18.2 Å². The third-order valence-electron chi connectivity index (χ3n) is 13.1. The quantitative estimate of drug-likeness (QED) is 0.0765. The molecular formula is C51H43F3N18O10P+. The van der Waals surface area contributed by atoms with Crippen LogP contribution in [0, 0.1) is 17.5 Å². The lowest BCUT2D eigenvalue weighted by Gasteiger charge is -2.19. The van der Waals surface area contributed by atoms with E-state index in [0.29, 0.717) is 51.2 Å². The fourth-order valence-corrected chi connectivity index (χ4v) is 10.3. The molecule has 6 aromatic heterocycles. The van der Waals surface area contributed by atoms with E-state index in [-0.39, 0.29) is 53.4 Å². The fourth-order valence-electron chi connectivity index (χ4n) is 9.04. The van der Waals surface area contributed by atoms with Gasteiger partial charge in [-0.15, -0.1) is 44.2 Å². The molecule has 3 amide bonds. The van der Waals surface area contributed by atoms with E-state index in [1.807, 2.05) is 0 Å². The van der Waals surface area contributed by atoms with Crippen molar-refractivity contribution >= 4 is 43.5 Å². The van der Waals surface area contributed by atoms with Crippen LogP contribution in [0.2, 0.25) is 0 Å². The first-order valence-electron chi connectivity index (χ1n) is 25.1. The number of hydrogen-bond acceptors (Lipinski definition) is 22. The molecule has 0 radical (unpaired) electrons. The minimum Gasteiger partial charge on any atom is -0.441 e. The van der Waals surface area contributed by atoms with Gasteiger partial charge in [0.25, 0.3) is 0 Å². The van der Waals surface area contributed by atoms with Gasteiger partial charge in [-0.2, -0.15) is 19.3 Å². The standard InChI is InChI=1S/C51H43F3N18O10P/c1-67-61-46(58-64-67)43-13-4-28(19-55-43)37-10-7-31(16-40(37)52)70-22-34(80-49(70)73)25-77-83(76,78-26-35-23-71(50(74)81-35)32-8-11-38(41(53)17-32)29-5-14-44(56-20-29)47-59-65-68(2)62-47)79-27-36-24-72(51(75)82-36)33-9-12-39(42(54)18-33)30-6-15-45(57-21-30)48-60-66-69(3)63-48/h4-21,34-36,76H,22-27H2,1-3H3/q+1/t34-,35-,36-/m1/s1. The monoisotopic (exact) mass is 1160 g/mol. The molecule has 28 nitrogen and oxygen atoms in total. The Morgan fingerprint density at radius 2 is 0.783 bits per heavy atom. The van der Waals surface area contributed by atoms with Crippen LogP contribution in [-0.2, 0) is 48.9 Å². The topological polar surface area (TPSA) is 306 Å². The first-order chi connectivity index (χ1) is 40.1. The largest absolute Gasteiger partial charge is 0.573 e. The minimum atomic E-state index is -4.54. The summed E-state index contributed by atoms with van der Waals surface area (Å²) < 4.78 is 81.5. The molecule has 3 saturated heterocycles. The third kappa shape index (κ3) is 11.5. The summed E-state index contributed by atoms with van der Waals surface area (Å²) in [7, 11) is 0.301. The van der Waals surface area contributed by atoms with E-state index in [9.17, 15) is 19.3 Å². The number of anilines is 3. The maximum atomic E-state index is 15.7. The highest BCUT2D eigenvalue weighted by molar-refractivity contribution is 7.55. The smallest absolute Gasteiger partial charge is 0.441 e. The highest BCUT2D eigenvalue weighted by Crippen LogP contribution is 2.59.